The molecule has 1 fully saturated rings. The summed E-state index contributed by atoms with van der Waals surface area (Å²) in [4.78, 5) is 12.6. The van der Waals surface area contributed by atoms with Gasteiger partial charge in [0.15, 0.2) is 0 Å². The minimum Gasteiger partial charge on any atom is -0.492 e. The van der Waals surface area contributed by atoms with Crippen molar-refractivity contribution in [1.29, 1.82) is 0 Å². The van der Waals surface area contributed by atoms with Crippen molar-refractivity contribution in [3.8, 4) is 5.75 Å². The monoisotopic (exact) mass is 466 g/mol. The second-order valence-electron chi connectivity index (χ2n) is 7.82. The number of halogens is 1. The SMILES string of the molecule is CC(C)COc1ccc(NC(=O)c2ccc(S(=O)(=O)NCC3CCCO3)cc2)cc1Cl. The van der Waals surface area contributed by atoms with Gasteiger partial charge in [0.05, 0.1) is 22.6 Å². The molecule has 1 aliphatic heterocycles. The second kappa shape index (κ2) is 10.5. The van der Waals surface area contributed by atoms with Gasteiger partial charge in [0, 0.05) is 24.4 Å². The molecule has 0 aromatic heterocycles. The van der Waals surface area contributed by atoms with Crippen LogP contribution in [-0.2, 0) is 14.8 Å². The third kappa shape index (κ3) is 6.67. The molecule has 1 amide bonds. The van der Waals surface area contributed by atoms with Gasteiger partial charge in [-0.3, -0.25) is 4.79 Å². The van der Waals surface area contributed by atoms with E-state index in [9.17, 15) is 13.2 Å². The Morgan fingerprint density at radius 2 is 1.97 bits per heavy atom. The van der Waals surface area contributed by atoms with E-state index in [1.807, 2.05) is 13.8 Å². The molecule has 0 radical (unpaired) electrons. The van der Waals surface area contributed by atoms with Crippen molar-refractivity contribution in [3.63, 3.8) is 0 Å². The van der Waals surface area contributed by atoms with E-state index >= 15 is 0 Å². The van der Waals surface area contributed by atoms with Crippen LogP contribution in [0, 0.1) is 5.92 Å². The predicted molar refractivity (Wildman–Crippen MR) is 120 cm³/mol. The summed E-state index contributed by atoms with van der Waals surface area (Å²) in [6.07, 6.45) is 1.69. The molecule has 0 aliphatic carbocycles. The van der Waals surface area contributed by atoms with E-state index < -0.39 is 10.0 Å². The van der Waals surface area contributed by atoms with Crippen LogP contribution in [0.2, 0.25) is 5.02 Å². The van der Waals surface area contributed by atoms with E-state index in [2.05, 4.69) is 10.0 Å². The number of benzene rings is 2. The molecule has 3 rings (SSSR count). The third-order valence-electron chi connectivity index (χ3n) is 4.71. The van der Waals surface area contributed by atoms with Gasteiger partial charge in [0.25, 0.3) is 5.91 Å². The Kier molecular flexibility index (Phi) is 7.94. The van der Waals surface area contributed by atoms with Crippen LogP contribution in [0.25, 0.3) is 0 Å². The summed E-state index contributed by atoms with van der Waals surface area (Å²) < 4.78 is 38.5. The summed E-state index contributed by atoms with van der Waals surface area (Å²) >= 11 is 6.23. The van der Waals surface area contributed by atoms with Crippen LogP contribution in [0.15, 0.2) is 47.4 Å². The van der Waals surface area contributed by atoms with Gasteiger partial charge in [0.2, 0.25) is 10.0 Å². The van der Waals surface area contributed by atoms with E-state index in [-0.39, 0.29) is 23.5 Å². The highest BCUT2D eigenvalue weighted by Gasteiger charge is 2.20. The predicted octanol–water partition coefficient (Wildman–Crippen LogP) is 4.08. The molecule has 2 aromatic carbocycles. The smallest absolute Gasteiger partial charge is 0.255 e. The van der Waals surface area contributed by atoms with Crippen molar-refractivity contribution >= 4 is 33.2 Å². The molecule has 9 heteroatoms. The number of sulfonamides is 1. The maximum absolute atomic E-state index is 12.5. The quantitative estimate of drug-likeness (QED) is 0.580. The zero-order valence-corrected chi connectivity index (χ0v) is 19.1. The lowest BCUT2D eigenvalue weighted by Gasteiger charge is -2.12. The molecule has 1 aliphatic rings. The normalized spacial score (nSPS) is 16.5. The molecular formula is C22H27ClN2O5S. The molecule has 2 aromatic rings. The van der Waals surface area contributed by atoms with Crippen LogP contribution in [0.4, 0.5) is 5.69 Å². The van der Waals surface area contributed by atoms with E-state index in [1.165, 1.54) is 24.3 Å². The first-order valence-electron chi connectivity index (χ1n) is 10.2. The molecule has 1 heterocycles. The Balaban J connectivity index is 1.60. The van der Waals surface area contributed by atoms with Gasteiger partial charge in [-0.15, -0.1) is 0 Å². The number of carbonyl (C=O) groups excluding carboxylic acids is 1. The molecule has 0 bridgehead atoms. The Morgan fingerprint density at radius 3 is 2.58 bits per heavy atom. The van der Waals surface area contributed by atoms with Gasteiger partial charge in [0.1, 0.15) is 5.75 Å². The minimum absolute atomic E-state index is 0.0891. The number of nitrogens with one attached hydrogen (secondary N) is 2. The molecule has 31 heavy (non-hydrogen) atoms. The fourth-order valence-corrected chi connectivity index (χ4v) is 4.33. The summed E-state index contributed by atoms with van der Waals surface area (Å²) in [6, 6.07) is 10.8. The summed E-state index contributed by atoms with van der Waals surface area (Å²) in [7, 11) is -3.66. The van der Waals surface area contributed by atoms with Crippen molar-refractivity contribution in [2.24, 2.45) is 5.92 Å². The molecule has 1 atom stereocenters. The first-order valence-corrected chi connectivity index (χ1v) is 12.1. The van der Waals surface area contributed by atoms with Crippen LogP contribution >= 0.6 is 11.6 Å². The molecular weight excluding hydrogens is 440 g/mol. The van der Waals surface area contributed by atoms with Gasteiger partial charge >= 0.3 is 0 Å². The number of anilines is 1. The lowest BCUT2D eigenvalue weighted by Crippen LogP contribution is -2.31. The minimum atomic E-state index is -3.66. The van der Waals surface area contributed by atoms with Crippen molar-refractivity contribution < 1.29 is 22.7 Å². The van der Waals surface area contributed by atoms with Crippen LogP contribution in [0.3, 0.4) is 0 Å². The maximum Gasteiger partial charge on any atom is 0.255 e. The van der Waals surface area contributed by atoms with Gasteiger partial charge < -0.3 is 14.8 Å². The third-order valence-corrected chi connectivity index (χ3v) is 6.45. The Bertz CT molecular complexity index is 1000. The van der Waals surface area contributed by atoms with Crippen LogP contribution in [0.1, 0.15) is 37.0 Å². The van der Waals surface area contributed by atoms with Crippen molar-refractivity contribution in [2.45, 2.75) is 37.7 Å². The molecule has 168 valence electrons. The zero-order chi connectivity index (χ0) is 22.4. The van der Waals surface area contributed by atoms with E-state index in [1.54, 1.807) is 18.2 Å². The Labute approximate surface area is 188 Å². The fourth-order valence-electron chi connectivity index (χ4n) is 3.03. The van der Waals surface area contributed by atoms with Gasteiger partial charge in [-0.1, -0.05) is 25.4 Å². The summed E-state index contributed by atoms with van der Waals surface area (Å²) in [5.74, 6) is 0.551. The van der Waals surface area contributed by atoms with Crippen molar-refractivity contribution in [1.82, 2.24) is 4.72 Å². The number of carbonyl (C=O) groups is 1. The van der Waals surface area contributed by atoms with Crippen LogP contribution in [-0.4, -0.2) is 40.2 Å². The van der Waals surface area contributed by atoms with E-state index in [0.717, 1.165) is 12.8 Å². The van der Waals surface area contributed by atoms with Gasteiger partial charge in [-0.25, -0.2) is 13.1 Å². The van der Waals surface area contributed by atoms with Crippen molar-refractivity contribution in [2.75, 3.05) is 25.1 Å². The summed E-state index contributed by atoms with van der Waals surface area (Å²) in [5, 5.41) is 3.15. The second-order valence-corrected chi connectivity index (χ2v) is 9.99. The first-order chi connectivity index (χ1) is 14.7. The number of hydrogen-bond donors (Lipinski definition) is 2. The number of hydrogen-bond acceptors (Lipinski definition) is 5. The topological polar surface area (TPSA) is 93.7 Å². The number of rotatable bonds is 9. The highest BCUT2D eigenvalue weighted by molar-refractivity contribution is 7.89. The molecule has 7 nitrogen and oxygen atoms in total. The number of ether oxygens (including phenoxy) is 2. The number of amides is 1. The Hall–Kier alpha value is -2.13. The van der Waals surface area contributed by atoms with Crippen molar-refractivity contribution in [3.05, 3.63) is 53.1 Å². The Morgan fingerprint density at radius 1 is 1.23 bits per heavy atom. The average Bonchev–Trinajstić information content (AvgIpc) is 3.25. The molecule has 0 spiro atoms. The first kappa shape index (κ1) is 23.5. The highest BCUT2D eigenvalue weighted by atomic mass is 35.5. The van der Waals surface area contributed by atoms with Gasteiger partial charge in [-0.05, 0) is 61.2 Å². The standard InChI is InChI=1S/C22H27ClN2O5S/c1-15(2)14-30-21-10-7-17(12-20(21)23)25-22(26)16-5-8-19(9-6-16)31(27,28)24-13-18-4-3-11-29-18/h5-10,12,15,18,24H,3-4,11,13-14H2,1-2H3,(H,25,26). The van der Waals surface area contributed by atoms with E-state index in [4.69, 9.17) is 21.1 Å². The lowest BCUT2D eigenvalue weighted by molar-refractivity contribution is 0.102. The fraction of sp³-hybridized carbons (Fsp3) is 0.409. The average molecular weight is 467 g/mol. The molecule has 2 N–H and O–H groups in total. The highest BCUT2D eigenvalue weighted by Crippen LogP contribution is 2.28. The lowest BCUT2D eigenvalue weighted by atomic mass is 10.2. The molecule has 0 saturated carbocycles. The summed E-state index contributed by atoms with van der Waals surface area (Å²) in [6.45, 7) is 5.53. The van der Waals surface area contributed by atoms with Crippen LogP contribution < -0.4 is 14.8 Å². The largest absolute Gasteiger partial charge is 0.492 e. The maximum atomic E-state index is 12.5. The van der Waals surface area contributed by atoms with Crippen LogP contribution in [0.5, 0.6) is 5.75 Å². The summed E-state index contributed by atoms with van der Waals surface area (Å²) in [5.41, 5.74) is 0.844. The van der Waals surface area contributed by atoms with Gasteiger partial charge in [-0.2, -0.15) is 0 Å². The van der Waals surface area contributed by atoms with E-state index in [0.29, 0.717) is 41.2 Å². The molecule has 1 saturated heterocycles. The molecule has 1 unspecified atom stereocenters. The zero-order valence-electron chi connectivity index (χ0n) is 17.6.